The number of nitrogens with one attached hydrogen (secondary N) is 1. The number of nitrogens with zero attached hydrogens (tertiary/aromatic N) is 2. The number of benzene rings is 2. The van der Waals surface area contributed by atoms with E-state index >= 15 is 0 Å². The van der Waals surface area contributed by atoms with E-state index in [4.69, 9.17) is 34.8 Å². The summed E-state index contributed by atoms with van der Waals surface area (Å²) in [5.41, 5.74) is 1.86. The van der Waals surface area contributed by atoms with Crippen LogP contribution >= 0.6 is 34.8 Å². The summed E-state index contributed by atoms with van der Waals surface area (Å²) in [5, 5.41) is 4.00. The third-order valence-electron chi connectivity index (χ3n) is 5.47. The summed E-state index contributed by atoms with van der Waals surface area (Å²) < 4.78 is 26.2. The van der Waals surface area contributed by atoms with Crippen molar-refractivity contribution in [1.29, 1.82) is 0 Å². The van der Waals surface area contributed by atoms with Gasteiger partial charge in [-0.1, -0.05) is 46.9 Å². The van der Waals surface area contributed by atoms with Gasteiger partial charge in [-0.15, -0.1) is 0 Å². The summed E-state index contributed by atoms with van der Waals surface area (Å²) in [4.78, 5) is 27.2. The van der Waals surface area contributed by atoms with Gasteiger partial charge in [-0.25, -0.2) is 8.42 Å². The molecule has 2 rings (SSSR count). The zero-order valence-corrected chi connectivity index (χ0v) is 23.2. The normalized spacial score (nSPS) is 12.2. The lowest BCUT2D eigenvalue weighted by atomic mass is 10.1. The van der Waals surface area contributed by atoms with Crippen molar-refractivity contribution in [3.05, 3.63) is 62.6 Å². The first-order valence-corrected chi connectivity index (χ1v) is 14.1. The second kappa shape index (κ2) is 12.8. The van der Waals surface area contributed by atoms with Gasteiger partial charge in [0.05, 0.1) is 11.9 Å². The summed E-state index contributed by atoms with van der Waals surface area (Å²) >= 11 is 18.4. The lowest BCUT2D eigenvalue weighted by molar-refractivity contribution is -0.140. The van der Waals surface area contributed by atoms with Gasteiger partial charge >= 0.3 is 0 Å². The minimum atomic E-state index is -3.62. The molecule has 192 valence electrons. The largest absolute Gasteiger partial charge is 0.355 e. The molecule has 11 heteroatoms. The zero-order valence-electron chi connectivity index (χ0n) is 20.1. The summed E-state index contributed by atoms with van der Waals surface area (Å²) in [5.74, 6) is -0.593. The van der Waals surface area contributed by atoms with Crippen molar-refractivity contribution in [2.24, 2.45) is 0 Å². The molecule has 0 saturated carbocycles. The summed E-state index contributed by atoms with van der Waals surface area (Å²) in [6, 6.07) is 9.22. The van der Waals surface area contributed by atoms with E-state index in [1.165, 1.54) is 9.21 Å². The zero-order chi connectivity index (χ0) is 26.3. The van der Waals surface area contributed by atoms with Gasteiger partial charge in [0.25, 0.3) is 0 Å². The smallest absolute Gasteiger partial charge is 0.242 e. The average molecular weight is 563 g/mol. The monoisotopic (exact) mass is 561 g/mol. The molecule has 0 bridgehead atoms. The number of amides is 2. The maximum atomic E-state index is 13.3. The van der Waals surface area contributed by atoms with E-state index in [0.29, 0.717) is 32.9 Å². The molecule has 7 nitrogen and oxygen atoms in total. The van der Waals surface area contributed by atoms with Crippen molar-refractivity contribution < 1.29 is 18.0 Å². The Morgan fingerprint density at radius 3 is 2.29 bits per heavy atom. The van der Waals surface area contributed by atoms with Crippen LogP contribution in [-0.2, 0) is 26.2 Å². The molecule has 0 saturated heterocycles. The molecule has 0 aromatic heterocycles. The second-order valence-electron chi connectivity index (χ2n) is 8.20. The van der Waals surface area contributed by atoms with Gasteiger partial charge in [0.2, 0.25) is 21.8 Å². The van der Waals surface area contributed by atoms with Crippen LogP contribution in [0.4, 0.5) is 5.69 Å². The summed E-state index contributed by atoms with van der Waals surface area (Å²) in [6.45, 7) is 5.85. The molecule has 2 aromatic rings. The van der Waals surface area contributed by atoms with Crippen LogP contribution in [0.15, 0.2) is 36.4 Å². The number of sulfonamides is 1. The molecule has 35 heavy (non-hydrogen) atoms. The number of hydrogen-bond donors (Lipinski definition) is 1. The van der Waals surface area contributed by atoms with Crippen LogP contribution in [0, 0.1) is 6.92 Å². The fourth-order valence-electron chi connectivity index (χ4n) is 3.57. The molecule has 0 aliphatic rings. The van der Waals surface area contributed by atoms with Crippen LogP contribution in [0.2, 0.25) is 15.1 Å². The minimum absolute atomic E-state index is 0.0284. The van der Waals surface area contributed by atoms with Gasteiger partial charge in [0.15, 0.2) is 0 Å². The van der Waals surface area contributed by atoms with Crippen molar-refractivity contribution in [2.45, 2.75) is 46.2 Å². The van der Waals surface area contributed by atoms with Crippen molar-refractivity contribution in [3.63, 3.8) is 0 Å². The van der Waals surface area contributed by atoms with Gasteiger partial charge < -0.3 is 10.2 Å². The standard InChI is InChI=1S/C24H30Cl3N3O4S/c1-5-28-24(32)17(3)29(15-18-9-11-19(25)13-21(18)27)23(31)7-6-12-30(35(4,33)34)22-14-20(26)10-8-16(22)2/h8-11,13-14,17H,5-7,12,15H2,1-4H3,(H,28,32). The number of carbonyl (C=O) groups excluding carboxylic acids is 2. The van der Waals surface area contributed by atoms with E-state index in [2.05, 4.69) is 5.32 Å². The molecule has 2 amide bonds. The van der Waals surface area contributed by atoms with Crippen molar-refractivity contribution in [1.82, 2.24) is 10.2 Å². The van der Waals surface area contributed by atoms with Crippen LogP contribution in [0.25, 0.3) is 0 Å². The third-order valence-corrected chi connectivity index (χ3v) is 7.47. The van der Waals surface area contributed by atoms with Gasteiger partial charge in [-0.05, 0) is 62.6 Å². The molecule has 1 unspecified atom stereocenters. The van der Waals surface area contributed by atoms with Gasteiger partial charge in [-0.2, -0.15) is 0 Å². The second-order valence-corrected chi connectivity index (χ2v) is 11.4. The molecule has 2 aromatic carbocycles. The highest BCUT2D eigenvalue weighted by Gasteiger charge is 2.27. The summed E-state index contributed by atoms with van der Waals surface area (Å²) in [7, 11) is -3.62. The Hall–Kier alpha value is -2.00. The third kappa shape index (κ3) is 8.27. The van der Waals surface area contributed by atoms with E-state index in [1.54, 1.807) is 57.2 Å². The van der Waals surface area contributed by atoms with Crippen LogP contribution in [0.5, 0.6) is 0 Å². The molecule has 0 aliphatic heterocycles. The number of likely N-dealkylation sites (N-methyl/N-ethyl adjacent to an activating group) is 1. The van der Waals surface area contributed by atoms with Crippen LogP contribution in [0.3, 0.4) is 0 Å². The Bertz CT molecular complexity index is 1170. The van der Waals surface area contributed by atoms with Crippen LogP contribution < -0.4 is 9.62 Å². The maximum Gasteiger partial charge on any atom is 0.242 e. The minimum Gasteiger partial charge on any atom is -0.355 e. The van der Waals surface area contributed by atoms with Crippen molar-refractivity contribution >= 4 is 62.3 Å². The number of hydrogen-bond acceptors (Lipinski definition) is 4. The number of carbonyl (C=O) groups is 2. The first-order chi connectivity index (χ1) is 16.3. The van der Waals surface area contributed by atoms with Gasteiger partial charge in [0.1, 0.15) is 6.04 Å². The number of rotatable bonds is 11. The summed E-state index contributed by atoms with van der Waals surface area (Å²) in [6.07, 6.45) is 1.38. The predicted octanol–water partition coefficient (Wildman–Crippen LogP) is 5.05. The van der Waals surface area contributed by atoms with Gasteiger partial charge in [-0.3, -0.25) is 13.9 Å². The Morgan fingerprint density at radius 2 is 1.69 bits per heavy atom. The number of anilines is 1. The lowest BCUT2D eigenvalue weighted by Gasteiger charge is -2.30. The SMILES string of the molecule is CCNC(=O)C(C)N(Cc1ccc(Cl)cc1Cl)C(=O)CCCN(c1cc(Cl)ccc1C)S(C)(=O)=O. The number of halogens is 3. The Balaban J connectivity index is 2.22. The molecule has 0 heterocycles. The maximum absolute atomic E-state index is 13.3. The first-order valence-electron chi connectivity index (χ1n) is 11.1. The van der Waals surface area contributed by atoms with E-state index in [9.17, 15) is 18.0 Å². The molecule has 0 aliphatic carbocycles. The molecule has 0 fully saturated rings. The first kappa shape index (κ1) is 29.2. The van der Waals surface area contributed by atoms with E-state index in [0.717, 1.165) is 11.8 Å². The molecule has 0 spiro atoms. The molecule has 0 radical (unpaired) electrons. The molecule has 1 atom stereocenters. The molecule has 1 N–H and O–H groups in total. The van der Waals surface area contributed by atoms with Crippen LogP contribution in [0.1, 0.15) is 37.8 Å². The lowest BCUT2D eigenvalue weighted by Crippen LogP contribution is -2.47. The topological polar surface area (TPSA) is 86.8 Å². The van der Waals surface area contributed by atoms with E-state index in [-0.39, 0.29) is 37.7 Å². The molecular weight excluding hydrogens is 533 g/mol. The highest BCUT2D eigenvalue weighted by molar-refractivity contribution is 7.92. The number of aryl methyl sites for hydroxylation is 1. The predicted molar refractivity (Wildman–Crippen MR) is 143 cm³/mol. The Morgan fingerprint density at radius 1 is 1.06 bits per heavy atom. The Labute approximate surface area is 222 Å². The Kier molecular flexibility index (Phi) is 10.7. The molecular formula is C24H30Cl3N3O4S. The van der Waals surface area contributed by atoms with Crippen molar-refractivity contribution in [2.75, 3.05) is 23.7 Å². The highest BCUT2D eigenvalue weighted by atomic mass is 35.5. The van der Waals surface area contributed by atoms with E-state index < -0.39 is 16.1 Å². The quantitative estimate of drug-likeness (QED) is 0.415. The van der Waals surface area contributed by atoms with E-state index in [1.807, 2.05) is 0 Å². The van der Waals surface area contributed by atoms with Crippen molar-refractivity contribution in [3.8, 4) is 0 Å². The van der Waals surface area contributed by atoms with Crippen LogP contribution in [-0.4, -0.2) is 50.5 Å². The van der Waals surface area contributed by atoms with Gasteiger partial charge in [0, 0.05) is 41.1 Å². The average Bonchev–Trinajstić information content (AvgIpc) is 2.77. The highest BCUT2D eigenvalue weighted by Crippen LogP contribution is 2.27. The fraction of sp³-hybridized carbons (Fsp3) is 0.417. The fourth-order valence-corrected chi connectivity index (χ4v) is 5.22.